The van der Waals surface area contributed by atoms with Crippen molar-refractivity contribution in [1.82, 2.24) is 34.7 Å². The summed E-state index contributed by atoms with van der Waals surface area (Å²) < 4.78 is 3.33. The van der Waals surface area contributed by atoms with Gasteiger partial charge in [0.15, 0.2) is 0 Å². The van der Waals surface area contributed by atoms with Crippen LogP contribution in [0.25, 0.3) is 28.1 Å². The van der Waals surface area contributed by atoms with Crippen LogP contribution in [0.3, 0.4) is 0 Å². The second kappa shape index (κ2) is 8.17. The van der Waals surface area contributed by atoms with Gasteiger partial charge in [0.25, 0.3) is 11.5 Å². The summed E-state index contributed by atoms with van der Waals surface area (Å²) in [6, 6.07) is 14.4. The summed E-state index contributed by atoms with van der Waals surface area (Å²) >= 11 is 6.30. The van der Waals surface area contributed by atoms with Gasteiger partial charge in [0, 0.05) is 39.7 Å². The van der Waals surface area contributed by atoms with Crippen molar-refractivity contribution in [3.05, 3.63) is 99.1 Å². The number of aromatic nitrogens is 7. The third-order valence-corrected chi connectivity index (χ3v) is 7.06. The zero-order chi connectivity index (χ0) is 25.1. The van der Waals surface area contributed by atoms with Gasteiger partial charge < -0.3 is 9.55 Å². The lowest BCUT2D eigenvalue weighted by Gasteiger charge is -2.15. The number of nitrogens with one attached hydrogen (secondary N) is 1. The number of aliphatic imine (C=N–C) groups is 1. The molecule has 1 N–H and O–H groups in total. The van der Waals surface area contributed by atoms with E-state index in [-0.39, 0.29) is 17.5 Å². The number of H-pyrrole nitrogens is 1. The molecule has 37 heavy (non-hydrogen) atoms. The molecule has 180 valence electrons. The number of nitrogens with zero attached hydrogens (tertiary/aromatic N) is 7. The van der Waals surface area contributed by atoms with Crippen LogP contribution in [0.5, 0.6) is 0 Å². The van der Waals surface area contributed by atoms with E-state index in [2.05, 4.69) is 30.5 Å². The molecule has 2 aromatic carbocycles. The van der Waals surface area contributed by atoms with Gasteiger partial charge in [0.05, 0.1) is 29.2 Å². The Labute approximate surface area is 214 Å². The fourth-order valence-electron chi connectivity index (χ4n) is 5.09. The quantitative estimate of drug-likeness (QED) is 0.395. The molecule has 0 bridgehead atoms. The van der Waals surface area contributed by atoms with Gasteiger partial charge in [-0.25, -0.2) is 9.98 Å². The predicted octanol–water partition coefficient (Wildman–Crippen LogP) is 3.64. The normalized spacial score (nSPS) is 15.8. The Morgan fingerprint density at radius 1 is 1.00 bits per heavy atom. The van der Waals surface area contributed by atoms with Crippen LogP contribution in [0, 0.1) is 0 Å². The first-order chi connectivity index (χ1) is 18.0. The van der Waals surface area contributed by atoms with Gasteiger partial charge in [-0.15, -0.1) is 5.10 Å². The fourth-order valence-corrected chi connectivity index (χ4v) is 5.26. The minimum absolute atomic E-state index is 0.129. The van der Waals surface area contributed by atoms with Crippen LogP contribution < -0.4 is 5.56 Å². The van der Waals surface area contributed by atoms with E-state index >= 15 is 0 Å². The highest BCUT2D eigenvalue weighted by Crippen LogP contribution is 2.34. The van der Waals surface area contributed by atoms with Gasteiger partial charge in [-0.3, -0.25) is 9.59 Å². The number of fused-ring (bicyclic) bond motifs is 2. The summed E-state index contributed by atoms with van der Waals surface area (Å²) in [5.74, 6) is 0.454. The first-order valence-corrected chi connectivity index (χ1v) is 12.0. The Morgan fingerprint density at radius 2 is 1.92 bits per heavy atom. The number of tetrazole rings is 1. The summed E-state index contributed by atoms with van der Waals surface area (Å²) in [6.07, 6.45) is 6.26. The van der Waals surface area contributed by atoms with Gasteiger partial charge in [0.1, 0.15) is 12.2 Å². The number of hydrogen-bond donors (Lipinski definition) is 1. The highest BCUT2D eigenvalue weighted by atomic mass is 35.5. The van der Waals surface area contributed by atoms with Gasteiger partial charge in [-0.1, -0.05) is 23.7 Å². The number of aryl methyl sites for hydroxylation is 1. The van der Waals surface area contributed by atoms with E-state index in [4.69, 9.17) is 11.6 Å². The topological polar surface area (TPSA) is 124 Å². The molecule has 5 aromatic rings. The molecule has 0 saturated carbocycles. The van der Waals surface area contributed by atoms with E-state index in [1.54, 1.807) is 33.8 Å². The zero-order valence-corrected chi connectivity index (χ0v) is 19.9. The summed E-state index contributed by atoms with van der Waals surface area (Å²) in [7, 11) is 0. The molecule has 0 fully saturated rings. The first-order valence-electron chi connectivity index (χ1n) is 11.6. The van der Waals surface area contributed by atoms with Gasteiger partial charge in [-0.05, 0) is 59.2 Å². The average Bonchev–Trinajstić information content (AvgIpc) is 3.70. The number of amides is 1. The van der Waals surface area contributed by atoms with Crippen LogP contribution in [0.4, 0.5) is 0 Å². The predicted molar refractivity (Wildman–Crippen MR) is 136 cm³/mol. The van der Waals surface area contributed by atoms with Crippen molar-refractivity contribution < 1.29 is 4.79 Å². The standard InChI is InChI=1S/C26H17ClN8O2/c27-17-3-5-22(34-13-30-32-33-34)19(10-17)16-7-18-4-6-23(35(18)24(36)9-16)25-28-12-21(31-25)14-1-2-15-11-29-26(37)20(15)8-14/h1-3,5,7-13,23H,4,6H2,(H,28,31). The lowest BCUT2D eigenvalue weighted by molar-refractivity contribution is 0.101. The summed E-state index contributed by atoms with van der Waals surface area (Å²) in [5.41, 5.74) is 6.02. The molecule has 3 aromatic heterocycles. The van der Waals surface area contributed by atoms with Crippen LogP contribution in [-0.2, 0) is 6.42 Å². The van der Waals surface area contributed by atoms with Gasteiger partial charge >= 0.3 is 0 Å². The summed E-state index contributed by atoms with van der Waals surface area (Å²) in [6.45, 7) is 0. The lowest BCUT2D eigenvalue weighted by Crippen LogP contribution is -2.23. The van der Waals surface area contributed by atoms with Crippen LogP contribution in [0.15, 0.2) is 70.8 Å². The number of pyridine rings is 1. The van der Waals surface area contributed by atoms with E-state index in [1.807, 2.05) is 36.4 Å². The molecule has 7 rings (SSSR count). The Morgan fingerprint density at radius 3 is 2.78 bits per heavy atom. The number of carbonyl (C=O) groups is 1. The molecular formula is C26H17ClN8O2. The molecule has 0 saturated heterocycles. The molecular weight excluding hydrogens is 492 g/mol. The van der Waals surface area contributed by atoms with Crippen molar-refractivity contribution in [2.75, 3.05) is 0 Å². The van der Waals surface area contributed by atoms with E-state index < -0.39 is 0 Å². The number of benzene rings is 2. The molecule has 0 radical (unpaired) electrons. The van der Waals surface area contributed by atoms with E-state index in [0.29, 0.717) is 16.4 Å². The Kier molecular flexibility index (Phi) is 4.76. The van der Waals surface area contributed by atoms with Crippen molar-refractivity contribution >= 4 is 23.7 Å². The summed E-state index contributed by atoms with van der Waals surface area (Å²) in [5, 5.41) is 12.0. The van der Waals surface area contributed by atoms with Crippen molar-refractivity contribution in [1.29, 1.82) is 0 Å². The van der Waals surface area contributed by atoms with E-state index in [0.717, 1.165) is 52.2 Å². The Bertz CT molecular complexity index is 1800. The Balaban J connectivity index is 1.25. The van der Waals surface area contributed by atoms with Crippen molar-refractivity contribution in [2.24, 2.45) is 4.99 Å². The number of halogens is 1. The van der Waals surface area contributed by atoms with Crippen molar-refractivity contribution in [2.45, 2.75) is 18.9 Å². The molecule has 0 spiro atoms. The minimum Gasteiger partial charge on any atom is -0.340 e. The lowest BCUT2D eigenvalue weighted by atomic mass is 10.0. The number of rotatable bonds is 4. The molecule has 2 aliphatic heterocycles. The third kappa shape index (κ3) is 3.53. The number of imidazole rings is 1. The maximum atomic E-state index is 13.4. The first kappa shape index (κ1) is 21.6. The van der Waals surface area contributed by atoms with Crippen LogP contribution in [0.1, 0.15) is 39.9 Å². The van der Waals surface area contributed by atoms with Crippen LogP contribution in [0.2, 0.25) is 5.02 Å². The molecule has 5 heterocycles. The maximum absolute atomic E-state index is 13.4. The average molecular weight is 509 g/mol. The fraction of sp³-hybridized carbons (Fsp3) is 0.115. The SMILES string of the molecule is O=C1N=Cc2ccc(-c3cnc(C4CCc5cc(-c6cc(Cl)ccc6-n6cnnn6)cc(=O)n54)[nH]3)cc21. The van der Waals surface area contributed by atoms with Crippen molar-refractivity contribution in [3.63, 3.8) is 0 Å². The molecule has 1 amide bonds. The largest absolute Gasteiger partial charge is 0.340 e. The number of aromatic amines is 1. The Hall–Kier alpha value is -4.70. The van der Waals surface area contributed by atoms with E-state index in [1.165, 1.54) is 6.33 Å². The van der Waals surface area contributed by atoms with Crippen LogP contribution in [-0.4, -0.2) is 46.9 Å². The molecule has 0 aliphatic carbocycles. The van der Waals surface area contributed by atoms with Crippen molar-refractivity contribution in [3.8, 4) is 28.1 Å². The third-order valence-electron chi connectivity index (χ3n) is 6.83. The molecule has 1 atom stereocenters. The second-order valence-electron chi connectivity index (χ2n) is 8.96. The summed E-state index contributed by atoms with van der Waals surface area (Å²) in [4.78, 5) is 37.2. The van der Waals surface area contributed by atoms with Crippen LogP contribution >= 0.6 is 11.6 Å². The highest BCUT2D eigenvalue weighted by Gasteiger charge is 2.28. The minimum atomic E-state index is -0.244. The molecule has 1 unspecified atom stereocenters. The smallest absolute Gasteiger partial charge is 0.277 e. The molecule has 11 heteroatoms. The maximum Gasteiger partial charge on any atom is 0.277 e. The molecule has 10 nitrogen and oxygen atoms in total. The van der Waals surface area contributed by atoms with Gasteiger partial charge in [-0.2, -0.15) is 4.68 Å². The molecule has 2 aliphatic rings. The zero-order valence-electron chi connectivity index (χ0n) is 19.2. The van der Waals surface area contributed by atoms with E-state index in [9.17, 15) is 9.59 Å². The highest BCUT2D eigenvalue weighted by molar-refractivity contribution is 6.31. The number of hydrogen-bond acceptors (Lipinski definition) is 6. The van der Waals surface area contributed by atoms with Gasteiger partial charge in [0.2, 0.25) is 0 Å². The second-order valence-corrected chi connectivity index (χ2v) is 9.40. The number of carbonyl (C=O) groups excluding carboxylic acids is 1. The monoisotopic (exact) mass is 508 g/mol.